The van der Waals surface area contributed by atoms with Crippen LogP contribution < -0.4 is 15.5 Å². The van der Waals surface area contributed by atoms with Crippen molar-refractivity contribution >= 4 is 41.7 Å². The summed E-state index contributed by atoms with van der Waals surface area (Å²) < 4.78 is 37.9. The molecule has 0 radical (unpaired) electrons. The van der Waals surface area contributed by atoms with Crippen molar-refractivity contribution in [3.63, 3.8) is 0 Å². The topological polar surface area (TPSA) is 72.9 Å². The zero-order chi connectivity index (χ0) is 23.0. The number of carbonyl (C=O) groups is 1. The molecular weight excluding hydrogens is 548 g/mol. The molecule has 33 heavy (non-hydrogen) atoms. The van der Waals surface area contributed by atoms with Gasteiger partial charge in [0.15, 0.2) is 5.96 Å². The monoisotopic (exact) mass is 576 g/mol. The molecule has 1 aliphatic rings. The van der Waals surface area contributed by atoms with E-state index in [2.05, 4.69) is 25.5 Å². The highest BCUT2D eigenvalue weighted by Crippen LogP contribution is 2.29. The van der Waals surface area contributed by atoms with Gasteiger partial charge < -0.3 is 20.4 Å². The number of benzene rings is 1. The van der Waals surface area contributed by atoms with Gasteiger partial charge in [0.05, 0.1) is 5.56 Å². The van der Waals surface area contributed by atoms with Crippen LogP contribution in [-0.4, -0.2) is 61.5 Å². The highest BCUT2D eigenvalue weighted by molar-refractivity contribution is 14.0. The number of carbonyl (C=O) groups excluding carboxylic acids is 1. The van der Waals surface area contributed by atoms with Crippen LogP contribution in [0.3, 0.4) is 0 Å². The van der Waals surface area contributed by atoms with Crippen LogP contribution in [0.25, 0.3) is 0 Å². The maximum absolute atomic E-state index is 12.6. The zero-order valence-electron chi connectivity index (χ0n) is 18.3. The standard InChI is InChI=1S/C22H27F3N6O.HI/c1-26-21(29-16-17-5-7-18(8-6-17)22(23,24)25)28-11-9-20(32)31-14-12-30(13-15-31)19-4-2-3-10-27-19;/h2-8,10H,9,11-16H2,1H3,(H2,26,28,29);1H. The number of rotatable bonds is 6. The van der Waals surface area contributed by atoms with E-state index in [4.69, 9.17) is 0 Å². The predicted octanol–water partition coefficient (Wildman–Crippen LogP) is 3.12. The molecule has 11 heteroatoms. The largest absolute Gasteiger partial charge is 0.416 e. The van der Waals surface area contributed by atoms with Gasteiger partial charge in [-0.15, -0.1) is 24.0 Å². The number of pyridine rings is 1. The molecule has 2 aromatic rings. The number of hydrogen-bond acceptors (Lipinski definition) is 4. The maximum Gasteiger partial charge on any atom is 0.416 e. The molecule has 1 aromatic heterocycles. The lowest BCUT2D eigenvalue weighted by Gasteiger charge is -2.35. The first kappa shape index (κ1) is 26.7. The zero-order valence-corrected chi connectivity index (χ0v) is 20.6. The molecule has 1 aliphatic heterocycles. The summed E-state index contributed by atoms with van der Waals surface area (Å²) in [6.45, 7) is 3.51. The molecule has 1 amide bonds. The van der Waals surface area contributed by atoms with Crippen LogP contribution in [0, 0.1) is 0 Å². The van der Waals surface area contributed by atoms with E-state index in [-0.39, 0.29) is 29.9 Å². The van der Waals surface area contributed by atoms with Gasteiger partial charge in [-0.1, -0.05) is 18.2 Å². The second-order valence-electron chi connectivity index (χ2n) is 7.35. The number of piperazine rings is 1. The van der Waals surface area contributed by atoms with E-state index in [9.17, 15) is 18.0 Å². The second-order valence-corrected chi connectivity index (χ2v) is 7.35. The Labute approximate surface area is 208 Å². The molecule has 1 aromatic carbocycles. The van der Waals surface area contributed by atoms with Gasteiger partial charge in [0, 0.05) is 58.9 Å². The summed E-state index contributed by atoms with van der Waals surface area (Å²) in [5.74, 6) is 1.47. The minimum absolute atomic E-state index is 0. The van der Waals surface area contributed by atoms with Gasteiger partial charge in [-0.2, -0.15) is 13.2 Å². The number of hydrogen-bond donors (Lipinski definition) is 2. The van der Waals surface area contributed by atoms with Crippen molar-refractivity contribution in [2.45, 2.75) is 19.1 Å². The molecule has 0 bridgehead atoms. The molecule has 0 aliphatic carbocycles. The lowest BCUT2D eigenvalue weighted by atomic mass is 10.1. The number of anilines is 1. The SMILES string of the molecule is CN=C(NCCC(=O)N1CCN(c2ccccn2)CC1)NCc1ccc(C(F)(F)F)cc1.I. The van der Waals surface area contributed by atoms with Crippen LogP contribution in [0.2, 0.25) is 0 Å². The Morgan fingerprint density at radius 3 is 2.33 bits per heavy atom. The third kappa shape index (κ3) is 8.06. The van der Waals surface area contributed by atoms with Crippen LogP contribution in [0.1, 0.15) is 17.5 Å². The summed E-state index contributed by atoms with van der Waals surface area (Å²) in [6, 6.07) is 10.8. The number of aliphatic imine (C=N–C) groups is 1. The average Bonchev–Trinajstić information content (AvgIpc) is 2.81. The Balaban J connectivity index is 0.00000385. The van der Waals surface area contributed by atoms with Crippen LogP contribution in [-0.2, 0) is 17.5 Å². The summed E-state index contributed by atoms with van der Waals surface area (Å²) >= 11 is 0. The number of nitrogens with zero attached hydrogens (tertiary/aromatic N) is 4. The molecule has 2 N–H and O–H groups in total. The summed E-state index contributed by atoms with van der Waals surface area (Å²) in [4.78, 5) is 24.9. The minimum Gasteiger partial charge on any atom is -0.356 e. The summed E-state index contributed by atoms with van der Waals surface area (Å²) in [6.07, 6.45) is -2.26. The number of halogens is 4. The molecule has 0 spiro atoms. The average molecular weight is 576 g/mol. The predicted molar refractivity (Wildman–Crippen MR) is 133 cm³/mol. The molecule has 7 nitrogen and oxygen atoms in total. The summed E-state index contributed by atoms with van der Waals surface area (Å²) in [5, 5.41) is 6.11. The van der Waals surface area contributed by atoms with Crippen LogP contribution in [0.5, 0.6) is 0 Å². The Morgan fingerprint density at radius 1 is 1.06 bits per heavy atom. The Morgan fingerprint density at radius 2 is 1.76 bits per heavy atom. The normalized spacial score (nSPS) is 14.5. The Bertz CT molecular complexity index is 901. The molecule has 0 atom stereocenters. The van der Waals surface area contributed by atoms with Gasteiger partial charge >= 0.3 is 6.18 Å². The van der Waals surface area contributed by atoms with Crippen LogP contribution in [0.4, 0.5) is 19.0 Å². The van der Waals surface area contributed by atoms with Crippen molar-refractivity contribution in [3.8, 4) is 0 Å². The number of guanidine groups is 1. The van der Waals surface area contributed by atoms with E-state index in [0.717, 1.165) is 31.0 Å². The minimum atomic E-state index is -4.35. The van der Waals surface area contributed by atoms with Crippen molar-refractivity contribution in [1.82, 2.24) is 20.5 Å². The molecule has 1 fully saturated rings. The number of aromatic nitrogens is 1. The molecule has 180 valence electrons. The smallest absolute Gasteiger partial charge is 0.356 e. The summed E-state index contributed by atoms with van der Waals surface area (Å²) in [5.41, 5.74) is 0.0194. The lowest BCUT2D eigenvalue weighted by molar-refractivity contribution is -0.137. The van der Waals surface area contributed by atoms with E-state index in [0.29, 0.717) is 44.1 Å². The van der Waals surface area contributed by atoms with Crippen molar-refractivity contribution < 1.29 is 18.0 Å². The van der Waals surface area contributed by atoms with Crippen molar-refractivity contribution in [3.05, 3.63) is 59.8 Å². The molecule has 1 saturated heterocycles. The molecule has 2 heterocycles. The quantitative estimate of drug-likeness (QED) is 0.314. The van der Waals surface area contributed by atoms with Gasteiger partial charge in [0.25, 0.3) is 0 Å². The molecule has 3 rings (SSSR count). The Hall–Kier alpha value is -2.57. The molecule has 0 saturated carbocycles. The fraction of sp³-hybridized carbons (Fsp3) is 0.409. The van der Waals surface area contributed by atoms with Gasteiger partial charge in [0.1, 0.15) is 5.82 Å². The van der Waals surface area contributed by atoms with Gasteiger partial charge in [-0.05, 0) is 29.8 Å². The highest BCUT2D eigenvalue weighted by Gasteiger charge is 2.29. The first-order valence-electron chi connectivity index (χ1n) is 10.4. The van der Waals surface area contributed by atoms with E-state index in [1.54, 1.807) is 13.2 Å². The third-order valence-corrected chi connectivity index (χ3v) is 5.20. The molecular formula is C22H28F3IN6O. The first-order valence-corrected chi connectivity index (χ1v) is 10.4. The van der Waals surface area contributed by atoms with Gasteiger partial charge in [-0.25, -0.2) is 4.98 Å². The molecule has 0 unspecified atom stereocenters. The second kappa shape index (κ2) is 12.6. The fourth-order valence-electron chi connectivity index (χ4n) is 3.39. The van der Waals surface area contributed by atoms with Crippen molar-refractivity contribution in [2.75, 3.05) is 44.7 Å². The lowest BCUT2D eigenvalue weighted by Crippen LogP contribution is -2.49. The van der Waals surface area contributed by atoms with Crippen LogP contribution >= 0.6 is 24.0 Å². The van der Waals surface area contributed by atoms with E-state index >= 15 is 0 Å². The first-order chi connectivity index (χ1) is 15.4. The van der Waals surface area contributed by atoms with Gasteiger partial charge in [-0.3, -0.25) is 9.79 Å². The van der Waals surface area contributed by atoms with E-state index in [1.807, 2.05) is 23.1 Å². The maximum atomic E-state index is 12.6. The van der Waals surface area contributed by atoms with Crippen LogP contribution in [0.15, 0.2) is 53.7 Å². The highest BCUT2D eigenvalue weighted by atomic mass is 127. The fourth-order valence-corrected chi connectivity index (χ4v) is 3.39. The number of alkyl halides is 3. The number of nitrogens with one attached hydrogen (secondary N) is 2. The van der Waals surface area contributed by atoms with Gasteiger partial charge in [0.2, 0.25) is 5.91 Å². The van der Waals surface area contributed by atoms with Crippen molar-refractivity contribution in [2.24, 2.45) is 4.99 Å². The van der Waals surface area contributed by atoms with E-state index in [1.165, 1.54) is 12.1 Å². The number of amides is 1. The van der Waals surface area contributed by atoms with Crippen molar-refractivity contribution in [1.29, 1.82) is 0 Å². The third-order valence-electron chi connectivity index (χ3n) is 5.20. The van der Waals surface area contributed by atoms with E-state index < -0.39 is 11.7 Å². The summed E-state index contributed by atoms with van der Waals surface area (Å²) in [7, 11) is 1.60. The Kier molecular flexibility index (Phi) is 10.2.